The van der Waals surface area contributed by atoms with Crippen molar-refractivity contribution in [1.29, 1.82) is 0 Å². The highest BCUT2D eigenvalue weighted by molar-refractivity contribution is 5.82. The van der Waals surface area contributed by atoms with Crippen LogP contribution in [0.1, 0.15) is 64.2 Å². The van der Waals surface area contributed by atoms with Gasteiger partial charge in [-0.2, -0.15) is 0 Å². The monoisotopic (exact) mass is 769 g/mol. The molecule has 0 unspecified atom stereocenters. The first-order chi connectivity index (χ1) is 29.0. The number of hydrogen-bond acceptors (Lipinski definition) is 5. The highest BCUT2D eigenvalue weighted by atomic mass is 16.1. The van der Waals surface area contributed by atoms with E-state index in [0.717, 1.165) is 69.5 Å². The summed E-state index contributed by atoms with van der Waals surface area (Å²) in [6, 6.07) is 57.0. The van der Waals surface area contributed by atoms with E-state index in [9.17, 15) is 4.79 Å². The van der Waals surface area contributed by atoms with Crippen molar-refractivity contribution in [2.45, 2.75) is 51.2 Å². The second kappa shape index (κ2) is 15.0. The summed E-state index contributed by atoms with van der Waals surface area (Å²) in [6.07, 6.45) is 4.39. The highest BCUT2D eigenvalue weighted by Crippen LogP contribution is 2.44. The van der Waals surface area contributed by atoms with Crippen molar-refractivity contribution in [3.05, 3.63) is 225 Å². The summed E-state index contributed by atoms with van der Waals surface area (Å²) in [6.45, 7) is 4.71. The number of nitrogens with zero attached hydrogens (tertiary/aromatic N) is 7. The molecule has 0 radical (unpaired) electrons. The van der Waals surface area contributed by atoms with Crippen molar-refractivity contribution >= 4 is 11.0 Å². The predicted molar refractivity (Wildman–Crippen MR) is 233 cm³/mol. The molecular formula is C51H43N7O. The van der Waals surface area contributed by atoms with Gasteiger partial charge in [0.25, 0.3) is 5.56 Å². The fourth-order valence-corrected chi connectivity index (χ4v) is 9.35. The first kappa shape index (κ1) is 36.2. The van der Waals surface area contributed by atoms with Crippen LogP contribution < -0.4 is 5.56 Å². The molecule has 3 heterocycles. The molecule has 0 amide bonds. The topological polar surface area (TPSA) is 83.4 Å². The Bertz CT molecular complexity index is 2910. The number of imidazole rings is 1. The van der Waals surface area contributed by atoms with E-state index < -0.39 is 5.54 Å². The number of rotatable bonds is 10. The summed E-state index contributed by atoms with van der Waals surface area (Å²) >= 11 is 0. The molecule has 0 fully saturated rings. The molecule has 3 aromatic heterocycles. The maximum Gasteiger partial charge on any atom is 0.277 e. The second-order valence-corrected chi connectivity index (χ2v) is 15.5. The molecule has 8 heteroatoms. The molecule has 0 saturated carbocycles. The van der Waals surface area contributed by atoms with Crippen molar-refractivity contribution < 1.29 is 0 Å². The molecule has 1 atom stereocenters. The third-order valence-electron chi connectivity index (χ3n) is 12.0. The van der Waals surface area contributed by atoms with Crippen LogP contribution in [0.25, 0.3) is 33.5 Å². The Morgan fingerprint density at radius 3 is 2.03 bits per heavy atom. The van der Waals surface area contributed by atoms with Gasteiger partial charge in [0, 0.05) is 18.2 Å². The van der Waals surface area contributed by atoms with Gasteiger partial charge in [-0.15, -0.1) is 5.10 Å². The Hall–Kier alpha value is -7.19. The van der Waals surface area contributed by atoms with E-state index in [2.05, 4.69) is 157 Å². The van der Waals surface area contributed by atoms with Gasteiger partial charge in [-0.1, -0.05) is 170 Å². The van der Waals surface area contributed by atoms with Gasteiger partial charge >= 0.3 is 0 Å². The normalized spacial score (nSPS) is 13.8. The van der Waals surface area contributed by atoms with E-state index >= 15 is 0 Å². The van der Waals surface area contributed by atoms with Crippen LogP contribution in [0.4, 0.5) is 0 Å². The predicted octanol–water partition coefficient (Wildman–Crippen LogP) is 9.81. The van der Waals surface area contributed by atoms with Gasteiger partial charge in [-0.25, -0.2) is 9.67 Å². The zero-order valence-corrected chi connectivity index (χ0v) is 33.1. The van der Waals surface area contributed by atoms with Crippen LogP contribution in [0, 0.1) is 6.92 Å². The number of fused-ring (bicyclic) bond motifs is 2. The van der Waals surface area contributed by atoms with Crippen LogP contribution in [-0.2, 0) is 24.9 Å². The van der Waals surface area contributed by atoms with Crippen molar-refractivity contribution in [1.82, 2.24) is 34.3 Å². The van der Waals surface area contributed by atoms with Gasteiger partial charge < -0.3 is 9.13 Å². The van der Waals surface area contributed by atoms with Gasteiger partial charge in [0.15, 0.2) is 5.82 Å². The quantitative estimate of drug-likeness (QED) is 0.129. The van der Waals surface area contributed by atoms with Gasteiger partial charge in [0.1, 0.15) is 16.9 Å². The van der Waals surface area contributed by atoms with Crippen LogP contribution >= 0.6 is 0 Å². The highest BCUT2D eigenvalue weighted by Gasteiger charge is 2.42. The lowest BCUT2D eigenvalue weighted by Crippen LogP contribution is -2.39. The fourth-order valence-electron chi connectivity index (χ4n) is 9.35. The summed E-state index contributed by atoms with van der Waals surface area (Å²) in [5.41, 5.74) is 11.5. The van der Waals surface area contributed by atoms with Gasteiger partial charge in [-0.05, 0) is 80.8 Å². The lowest BCUT2D eigenvalue weighted by atomic mass is 9.77. The molecular weight excluding hydrogens is 727 g/mol. The number of aromatic nitrogens is 7. The first-order valence-electron chi connectivity index (χ1n) is 20.4. The standard InChI is InChI=1S/C51H43N7O/c1-3-47-52-45-30-31-56(34-36-17-15-16-35(2)32-36)50(59)48(45)57(47)46-29-27-38-33-37(26-28-43(38)46)42-24-13-14-25-44(42)49-53-54-55-58(49)51(39-18-7-4-8-19-39,40-20-9-5-10-21-40)41-22-11-6-12-23-41/h4-26,28,30-33,46H,3,27,29,34H2,1-2H3/t46-/m0/s1. The molecule has 0 aliphatic heterocycles. The number of aryl methyl sites for hydroxylation is 3. The Kier molecular flexibility index (Phi) is 9.17. The third kappa shape index (κ3) is 6.11. The lowest BCUT2D eigenvalue weighted by molar-refractivity contribution is 0.451. The molecule has 0 spiro atoms. The minimum absolute atomic E-state index is 0.00676. The lowest BCUT2D eigenvalue weighted by Gasteiger charge is -2.36. The van der Waals surface area contributed by atoms with E-state index in [1.807, 2.05) is 45.8 Å². The Labute approximate surface area is 343 Å². The zero-order chi connectivity index (χ0) is 39.9. The van der Waals surface area contributed by atoms with E-state index in [1.54, 1.807) is 0 Å². The molecule has 9 aromatic rings. The Morgan fingerprint density at radius 2 is 1.37 bits per heavy atom. The number of benzene rings is 6. The van der Waals surface area contributed by atoms with E-state index in [-0.39, 0.29) is 11.6 Å². The molecule has 0 N–H and O–H groups in total. The second-order valence-electron chi connectivity index (χ2n) is 15.5. The SMILES string of the molecule is CCc1nc2ccn(Cc3cccc(C)c3)c(=O)c2n1[C@H]1CCc2cc(-c3ccccc3-c3nnnn3C(c3ccccc3)(c3ccccc3)c3ccccc3)ccc21. The molecule has 10 rings (SSSR count). The van der Waals surface area contributed by atoms with Gasteiger partial charge in [0.05, 0.1) is 18.1 Å². The van der Waals surface area contributed by atoms with Crippen molar-refractivity contribution in [3.8, 4) is 22.5 Å². The van der Waals surface area contributed by atoms with Gasteiger partial charge in [0.2, 0.25) is 0 Å². The summed E-state index contributed by atoms with van der Waals surface area (Å²) in [5, 5.41) is 14.0. The molecule has 288 valence electrons. The summed E-state index contributed by atoms with van der Waals surface area (Å²) in [7, 11) is 0. The molecule has 0 saturated heterocycles. The van der Waals surface area contributed by atoms with Crippen LogP contribution in [0.2, 0.25) is 0 Å². The van der Waals surface area contributed by atoms with E-state index in [1.165, 1.54) is 16.7 Å². The van der Waals surface area contributed by atoms with E-state index in [4.69, 9.17) is 15.3 Å². The number of tetrazole rings is 1. The largest absolute Gasteiger partial charge is 0.316 e. The molecule has 8 nitrogen and oxygen atoms in total. The van der Waals surface area contributed by atoms with Crippen molar-refractivity contribution in [3.63, 3.8) is 0 Å². The van der Waals surface area contributed by atoms with Crippen molar-refractivity contribution in [2.24, 2.45) is 0 Å². The Morgan fingerprint density at radius 1 is 0.712 bits per heavy atom. The van der Waals surface area contributed by atoms with Gasteiger partial charge in [-0.3, -0.25) is 4.79 Å². The van der Waals surface area contributed by atoms with Crippen molar-refractivity contribution in [2.75, 3.05) is 0 Å². The minimum atomic E-state index is -0.871. The maximum absolute atomic E-state index is 14.3. The van der Waals surface area contributed by atoms with Crippen LogP contribution in [-0.4, -0.2) is 34.3 Å². The molecule has 1 aliphatic rings. The smallest absolute Gasteiger partial charge is 0.277 e. The number of pyridine rings is 1. The summed E-state index contributed by atoms with van der Waals surface area (Å²) in [4.78, 5) is 19.3. The molecule has 1 aliphatic carbocycles. The minimum Gasteiger partial charge on any atom is -0.316 e. The molecule has 0 bridgehead atoms. The summed E-state index contributed by atoms with van der Waals surface area (Å²) < 4.78 is 6.05. The summed E-state index contributed by atoms with van der Waals surface area (Å²) in [5.74, 6) is 1.60. The first-order valence-corrected chi connectivity index (χ1v) is 20.4. The van der Waals surface area contributed by atoms with Crippen LogP contribution in [0.15, 0.2) is 175 Å². The molecule has 59 heavy (non-hydrogen) atoms. The Balaban J connectivity index is 1.08. The average molecular weight is 770 g/mol. The number of hydrogen-bond donors (Lipinski definition) is 0. The average Bonchev–Trinajstić information content (AvgIpc) is 4.04. The molecule has 6 aromatic carbocycles. The van der Waals surface area contributed by atoms with Crippen LogP contribution in [0.5, 0.6) is 0 Å². The third-order valence-corrected chi connectivity index (χ3v) is 12.0. The maximum atomic E-state index is 14.3. The zero-order valence-electron chi connectivity index (χ0n) is 33.1. The van der Waals surface area contributed by atoms with E-state index in [0.29, 0.717) is 17.9 Å². The van der Waals surface area contributed by atoms with Crippen LogP contribution in [0.3, 0.4) is 0 Å². The fraction of sp³-hybridized carbons (Fsp3) is 0.157.